The van der Waals surface area contributed by atoms with E-state index in [0.29, 0.717) is 0 Å². The van der Waals surface area contributed by atoms with E-state index < -0.39 is 0 Å². The van der Waals surface area contributed by atoms with Crippen LogP contribution in [0.15, 0.2) is 96.0 Å². The molecule has 4 aromatic rings. The van der Waals surface area contributed by atoms with Crippen LogP contribution in [0.2, 0.25) is 0 Å². The van der Waals surface area contributed by atoms with Crippen molar-refractivity contribution in [3.8, 4) is 0 Å². The average Bonchev–Trinajstić information content (AvgIpc) is 3.00. The number of benzene rings is 4. The van der Waals surface area contributed by atoms with Gasteiger partial charge < -0.3 is 0 Å². The van der Waals surface area contributed by atoms with Gasteiger partial charge in [0.2, 0.25) is 0 Å². The number of hydrogen-bond donors (Lipinski definition) is 0. The summed E-state index contributed by atoms with van der Waals surface area (Å²) in [6.07, 6.45) is 0. The molecule has 0 spiro atoms. The second-order valence-electron chi connectivity index (χ2n) is 7.29. The summed E-state index contributed by atoms with van der Waals surface area (Å²) in [4.78, 5) is 18.3. The Morgan fingerprint density at radius 2 is 1.46 bits per heavy atom. The van der Waals surface area contributed by atoms with Gasteiger partial charge >= 0.3 is 0 Å². The van der Waals surface area contributed by atoms with E-state index in [2.05, 4.69) is 49.4 Å². The number of aliphatic imine (C=N–C) groups is 1. The summed E-state index contributed by atoms with van der Waals surface area (Å²) in [6, 6.07) is 30.4. The number of carbonyl (C=O) groups excluding carboxylic acids is 1. The summed E-state index contributed by atoms with van der Waals surface area (Å²) in [5.74, 6) is -0.250. The number of fused-ring (bicyclic) bond motifs is 2. The van der Waals surface area contributed by atoms with Crippen molar-refractivity contribution in [1.82, 2.24) is 0 Å². The third-order valence-electron chi connectivity index (χ3n) is 5.36. The quantitative estimate of drug-likeness (QED) is 0.415. The molecule has 0 bridgehead atoms. The zero-order valence-electron chi connectivity index (χ0n) is 15.6. The fourth-order valence-corrected chi connectivity index (χ4v) is 4.01. The van der Waals surface area contributed by atoms with Crippen LogP contribution >= 0.6 is 0 Å². The third kappa shape index (κ3) is 2.74. The Labute approximate surface area is 164 Å². The van der Waals surface area contributed by atoms with Crippen LogP contribution in [0.4, 0.5) is 5.69 Å². The molecular weight excluding hydrogens is 342 g/mol. The molecule has 0 heterocycles. The SMILES string of the molecule is Cc1cccc(N=C2c3ccccc3C(=O)[C@H]2c2ccc3ccccc3c2)c1. The van der Waals surface area contributed by atoms with Crippen molar-refractivity contribution in [2.45, 2.75) is 12.8 Å². The molecule has 0 aromatic heterocycles. The first-order valence-corrected chi connectivity index (χ1v) is 9.48. The van der Waals surface area contributed by atoms with Crippen LogP contribution in [0.5, 0.6) is 0 Å². The first-order valence-electron chi connectivity index (χ1n) is 9.48. The number of carbonyl (C=O) groups is 1. The summed E-state index contributed by atoms with van der Waals surface area (Å²) in [7, 11) is 0. The fourth-order valence-electron chi connectivity index (χ4n) is 4.01. The Hall–Kier alpha value is -3.52. The highest BCUT2D eigenvalue weighted by Gasteiger charge is 2.37. The van der Waals surface area contributed by atoms with Crippen molar-refractivity contribution in [3.63, 3.8) is 0 Å². The van der Waals surface area contributed by atoms with Gasteiger partial charge in [-0.2, -0.15) is 0 Å². The average molecular weight is 361 g/mol. The molecular formula is C26H19NO. The maximum Gasteiger partial charge on any atom is 0.176 e. The lowest BCUT2D eigenvalue weighted by molar-refractivity contribution is 0.0988. The number of hydrogen-bond acceptors (Lipinski definition) is 2. The van der Waals surface area contributed by atoms with Crippen molar-refractivity contribution in [2.24, 2.45) is 4.99 Å². The maximum absolute atomic E-state index is 13.3. The molecule has 0 saturated heterocycles. The zero-order valence-corrected chi connectivity index (χ0v) is 15.6. The van der Waals surface area contributed by atoms with Crippen LogP contribution in [0.25, 0.3) is 10.8 Å². The van der Waals surface area contributed by atoms with E-state index in [9.17, 15) is 4.79 Å². The lowest BCUT2D eigenvalue weighted by atomic mass is 9.91. The normalized spacial score (nSPS) is 17.2. The summed E-state index contributed by atoms with van der Waals surface area (Å²) < 4.78 is 0. The first kappa shape index (κ1) is 16.6. The van der Waals surface area contributed by atoms with E-state index in [0.717, 1.165) is 39.0 Å². The molecule has 0 aliphatic heterocycles. The lowest BCUT2D eigenvalue weighted by Crippen LogP contribution is -2.13. The lowest BCUT2D eigenvalue weighted by Gasteiger charge is -2.12. The minimum Gasteiger partial charge on any atom is -0.293 e. The smallest absolute Gasteiger partial charge is 0.176 e. The topological polar surface area (TPSA) is 29.4 Å². The molecule has 134 valence electrons. The van der Waals surface area contributed by atoms with Gasteiger partial charge in [0.25, 0.3) is 0 Å². The van der Waals surface area contributed by atoms with Gasteiger partial charge in [-0.05, 0) is 41.0 Å². The van der Waals surface area contributed by atoms with Crippen LogP contribution in [0.1, 0.15) is 33.0 Å². The van der Waals surface area contributed by atoms with Gasteiger partial charge in [-0.25, -0.2) is 0 Å². The number of Topliss-reactive ketones (excluding diaryl/α,β-unsaturated/α-hetero) is 1. The number of rotatable bonds is 2. The molecule has 0 unspecified atom stereocenters. The maximum atomic E-state index is 13.3. The largest absolute Gasteiger partial charge is 0.293 e. The van der Waals surface area contributed by atoms with Gasteiger partial charge in [0, 0.05) is 11.1 Å². The van der Waals surface area contributed by atoms with E-state index in [4.69, 9.17) is 4.99 Å². The van der Waals surface area contributed by atoms with Gasteiger partial charge in [0.05, 0.1) is 17.3 Å². The Morgan fingerprint density at radius 3 is 2.29 bits per heavy atom. The summed E-state index contributed by atoms with van der Waals surface area (Å²) in [5.41, 5.74) is 5.55. The Balaban J connectivity index is 1.71. The Bertz CT molecular complexity index is 1250. The van der Waals surface area contributed by atoms with Crippen LogP contribution in [-0.2, 0) is 0 Å². The molecule has 28 heavy (non-hydrogen) atoms. The number of aryl methyl sites for hydroxylation is 1. The van der Waals surface area contributed by atoms with Crippen molar-refractivity contribution in [2.75, 3.05) is 0 Å². The molecule has 5 rings (SSSR count). The first-order chi connectivity index (χ1) is 13.7. The second kappa shape index (κ2) is 6.58. The Kier molecular flexibility index (Phi) is 3.91. The van der Waals surface area contributed by atoms with Crippen molar-refractivity contribution in [1.29, 1.82) is 0 Å². The molecule has 2 heteroatoms. The van der Waals surface area contributed by atoms with E-state index in [1.807, 2.05) is 48.5 Å². The van der Waals surface area contributed by atoms with Gasteiger partial charge in [-0.15, -0.1) is 0 Å². The van der Waals surface area contributed by atoms with Crippen LogP contribution < -0.4 is 0 Å². The molecule has 1 aliphatic rings. The summed E-state index contributed by atoms with van der Waals surface area (Å²) in [6.45, 7) is 2.05. The van der Waals surface area contributed by atoms with Crippen LogP contribution in [-0.4, -0.2) is 11.5 Å². The zero-order chi connectivity index (χ0) is 19.1. The molecule has 1 aliphatic carbocycles. The molecule has 4 aromatic carbocycles. The van der Waals surface area contributed by atoms with Gasteiger partial charge in [0.1, 0.15) is 0 Å². The van der Waals surface area contributed by atoms with Gasteiger partial charge in [0.15, 0.2) is 5.78 Å². The third-order valence-corrected chi connectivity index (χ3v) is 5.36. The van der Waals surface area contributed by atoms with E-state index >= 15 is 0 Å². The van der Waals surface area contributed by atoms with E-state index in [1.54, 1.807) is 0 Å². The minimum atomic E-state index is -0.373. The Morgan fingerprint density at radius 1 is 0.714 bits per heavy atom. The predicted molar refractivity (Wildman–Crippen MR) is 115 cm³/mol. The molecule has 0 amide bonds. The second-order valence-corrected chi connectivity index (χ2v) is 7.29. The predicted octanol–water partition coefficient (Wildman–Crippen LogP) is 6.25. The number of nitrogens with zero attached hydrogens (tertiary/aromatic N) is 1. The van der Waals surface area contributed by atoms with Crippen LogP contribution in [0.3, 0.4) is 0 Å². The van der Waals surface area contributed by atoms with Crippen molar-refractivity contribution < 1.29 is 4.79 Å². The monoisotopic (exact) mass is 361 g/mol. The van der Waals surface area contributed by atoms with Crippen molar-refractivity contribution >= 4 is 28.0 Å². The molecule has 0 saturated carbocycles. The van der Waals surface area contributed by atoms with Gasteiger partial charge in [-0.1, -0.05) is 78.9 Å². The highest BCUT2D eigenvalue weighted by molar-refractivity contribution is 6.32. The highest BCUT2D eigenvalue weighted by Crippen LogP contribution is 2.37. The van der Waals surface area contributed by atoms with Crippen LogP contribution in [0, 0.1) is 6.92 Å². The fraction of sp³-hybridized carbons (Fsp3) is 0.0769. The highest BCUT2D eigenvalue weighted by atomic mass is 16.1. The van der Waals surface area contributed by atoms with Gasteiger partial charge in [-0.3, -0.25) is 9.79 Å². The molecule has 1 atom stereocenters. The molecule has 0 radical (unpaired) electrons. The molecule has 2 nitrogen and oxygen atoms in total. The standard InChI is InChI=1S/C26H19NO/c1-17-7-6-10-21(15-17)27-25-22-11-4-5-12-23(22)26(28)24(25)20-14-13-18-8-2-3-9-19(18)16-20/h2-16,24H,1H3/t24-/m0/s1. The molecule has 0 N–H and O–H groups in total. The molecule has 0 fully saturated rings. The minimum absolute atomic E-state index is 0.122. The summed E-state index contributed by atoms with van der Waals surface area (Å²) >= 11 is 0. The van der Waals surface area contributed by atoms with E-state index in [1.165, 1.54) is 5.39 Å². The number of ketones is 1. The van der Waals surface area contributed by atoms with E-state index in [-0.39, 0.29) is 11.7 Å². The summed E-state index contributed by atoms with van der Waals surface area (Å²) in [5, 5.41) is 2.31. The van der Waals surface area contributed by atoms with Crippen molar-refractivity contribution in [3.05, 3.63) is 113 Å².